The first kappa shape index (κ1) is 25.8. The molecule has 5 rings (SSSR count). The van der Waals surface area contributed by atoms with Gasteiger partial charge in [-0.3, -0.25) is 4.99 Å². The van der Waals surface area contributed by atoms with Crippen molar-refractivity contribution >= 4 is 29.1 Å². The van der Waals surface area contributed by atoms with Gasteiger partial charge < -0.3 is 19.2 Å². The van der Waals surface area contributed by atoms with Gasteiger partial charge in [0.05, 0.1) is 19.8 Å². The molecule has 9 nitrogen and oxygen atoms in total. The fourth-order valence-electron chi connectivity index (χ4n) is 5.14. The quantitative estimate of drug-likeness (QED) is 0.443. The van der Waals surface area contributed by atoms with Gasteiger partial charge in [-0.05, 0) is 61.8 Å². The molecule has 3 heterocycles. The van der Waals surface area contributed by atoms with E-state index in [2.05, 4.69) is 15.3 Å². The third-order valence-corrected chi connectivity index (χ3v) is 7.82. The molecule has 1 aromatic carbocycles. The first-order chi connectivity index (χ1) is 18.4. The van der Waals surface area contributed by atoms with Crippen molar-refractivity contribution in [2.24, 2.45) is 10.9 Å². The van der Waals surface area contributed by atoms with E-state index in [4.69, 9.17) is 18.9 Å². The van der Waals surface area contributed by atoms with Crippen LogP contribution in [-0.2, 0) is 14.3 Å². The van der Waals surface area contributed by atoms with Crippen LogP contribution in [0.3, 0.4) is 0 Å². The maximum Gasteiger partial charge on any atom is 0.360 e. The maximum absolute atomic E-state index is 13.9. The minimum absolute atomic E-state index is 0.00380. The van der Waals surface area contributed by atoms with Crippen LogP contribution >= 0.6 is 11.3 Å². The second-order valence-electron chi connectivity index (χ2n) is 9.27. The van der Waals surface area contributed by atoms with E-state index in [1.165, 1.54) is 44.0 Å². The Morgan fingerprint density at radius 1 is 1.11 bits per heavy atom. The molecule has 0 bridgehead atoms. The molecule has 1 unspecified atom stereocenters. The fourth-order valence-corrected chi connectivity index (χ4v) is 5.73. The van der Waals surface area contributed by atoms with Gasteiger partial charge in [0, 0.05) is 23.2 Å². The molecule has 1 fully saturated rings. The number of aromatic nitrogens is 2. The number of rotatable bonds is 6. The smallest absolute Gasteiger partial charge is 0.360 e. The van der Waals surface area contributed by atoms with Gasteiger partial charge in [0.15, 0.2) is 22.4 Å². The lowest BCUT2D eigenvalue weighted by Crippen LogP contribution is -2.37. The lowest BCUT2D eigenvalue weighted by atomic mass is 9.77. The van der Waals surface area contributed by atoms with Gasteiger partial charge in [0.2, 0.25) is 0 Å². The SMILES string of the molecule is COC(=O)C1=C(C2CCC(c3nc(C(=O)OC)co3)CC2)NC(c2nccs2)=NC1c1ccc(F)cc1C. The minimum Gasteiger partial charge on any atom is -0.466 e. The maximum atomic E-state index is 13.9. The average molecular weight is 539 g/mol. The number of methoxy groups -OCH3 is 2. The van der Waals surface area contributed by atoms with Crippen molar-refractivity contribution in [3.05, 3.63) is 80.8 Å². The number of benzene rings is 1. The zero-order valence-corrected chi connectivity index (χ0v) is 22.0. The molecule has 1 N–H and O–H groups in total. The number of esters is 2. The minimum atomic E-state index is -0.676. The summed E-state index contributed by atoms with van der Waals surface area (Å²) in [6.45, 7) is 1.80. The number of carbonyl (C=O) groups excluding carboxylic acids is 2. The highest BCUT2D eigenvalue weighted by Gasteiger charge is 2.38. The Morgan fingerprint density at radius 2 is 1.84 bits per heavy atom. The van der Waals surface area contributed by atoms with Crippen molar-refractivity contribution in [2.45, 2.75) is 44.6 Å². The topological polar surface area (TPSA) is 116 Å². The Hall–Kier alpha value is -3.86. The largest absolute Gasteiger partial charge is 0.466 e. The second kappa shape index (κ2) is 10.9. The zero-order valence-electron chi connectivity index (χ0n) is 21.2. The van der Waals surface area contributed by atoms with E-state index in [1.807, 2.05) is 5.38 Å². The molecular formula is C27H27FN4O5S. The van der Waals surface area contributed by atoms with Crippen molar-refractivity contribution in [3.8, 4) is 0 Å². The molecule has 38 heavy (non-hydrogen) atoms. The van der Waals surface area contributed by atoms with E-state index in [1.54, 1.807) is 19.2 Å². The Balaban J connectivity index is 1.49. The highest BCUT2D eigenvalue weighted by atomic mass is 32.1. The summed E-state index contributed by atoms with van der Waals surface area (Å²) in [4.78, 5) is 38.6. The summed E-state index contributed by atoms with van der Waals surface area (Å²) >= 11 is 1.44. The number of thiazole rings is 1. The lowest BCUT2D eigenvalue weighted by molar-refractivity contribution is -0.136. The van der Waals surface area contributed by atoms with Crippen LogP contribution in [-0.4, -0.2) is 42.0 Å². The molecule has 0 spiro atoms. The molecule has 0 radical (unpaired) electrons. The van der Waals surface area contributed by atoms with Crippen molar-refractivity contribution in [3.63, 3.8) is 0 Å². The van der Waals surface area contributed by atoms with Gasteiger partial charge in [0.1, 0.15) is 18.1 Å². The molecular weight excluding hydrogens is 511 g/mol. The van der Waals surface area contributed by atoms with Crippen molar-refractivity contribution in [1.29, 1.82) is 0 Å². The number of nitrogens with one attached hydrogen (secondary N) is 1. The molecule has 0 saturated heterocycles. The monoisotopic (exact) mass is 538 g/mol. The summed E-state index contributed by atoms with van der Waals surface area (Å²) < 4.78 is 29.5. The number of aryl methyl sites for hydroxylation is 1. The Labute approximate surface area is 222 Å². The molecule has 198 valence electrons. The van der Waals surface area contributed by atoms with Crippen LogP contribution in [0.4, 0.5) is 4.39 Å². The van der Waals surface area contributed by atoms with Gasteiger partial charge in [-0.15, -0.1) is 11.3 Å². The summed E-state index contributed by atoms with van der Waals surface area (Å²) in [5, 5.41) is 5.96. The molecule has 1 atom stereocenters. The molecule has 2 aromatic heterocycles. The summed E-state index contributed by atoms with van der Waals surface area (Å²) in [6.07, 6.45) is 5.99. The number of allylic oxidation sites excluding steroid dienone is 1. The van der Waals surface area contributed by atoms with E-state index in [0.717, 1.165) is 36.9 Å². The van der Waals surface area contributed by atoms with E-state index < -0.39 is 18.0 Å². The van der Waals surface area contributed by atoms with Gasteiger partial charge in [-0.2, -0.15) is 0 Å². The number of carbonyl (C=O) groups is 2. The first-order valence-corrected chi connectivity index (χ1v) is 13.1. The zero-order chi connectivity index (χ0) is 26.8. The molecule has 1 aliphatic carbocycles. The van der Waals surface area contributed by atoms with Crippen LogP contribution in [0, 0.1) is 18.7 Å². The van der Waals surface area contributed by atoms with Crippen LogP contribution in [0.1, 0.15) is 70.2 Å². The highest BCUT2D eigenvalue weighted by molar-refractivity contribution is 7.11. The van der Waals surface area contributed by atoms with E-state index in [0.29, 0.717) is 27.9 Å². The first-order valence-electron chi connectivity index (χ1n) is 12.3. The number of oxazole rings is 1. The van der Waals surface area contributed by atoms with Crippen LogP contribution in [0.25, 0.3) is 0 Å². The van der Waals surface area contributed by atoms with Crippen molar-refractivity contribution in [2.75, 3.05) is 14.2 Å². The Kier molecular flexibility index (Phi) is 7.37. The Bertz CT molecular complexity index is 1410. The van der Waals surface area contributed by atoms with E-state index in [-0.39, 0.29) is 23.3 Å². The Morgan fingerprint density at radius 3 is 2.50 bits per heavy atom. The molecule has 0 amide bonds. The van der Waals surface area contributed by atoms with Gasteiger partial charge in [-0.1, -0.05) is 6.07 Å². The summed E-state index contributed by atoms with van der Waals surface area (Å²) in [5.74, 6) is -0.263. The van der Waals surface area contributed by atoms with Crippen molar-refractivity contribution in [1.82, 2.24) is 15.3 Å². The van der Waals surface area contributed by atoms with Gasteiger partial charge >= 0.3 is 11.9 Å². The number of halogens is 1. The molecule has 3 aromatic rings. The number of nitrogens with zero attached hydrogens (tertiary/aromatic N) is 3. The van der Waals surface area contributed by atoms with Crippen LogP contribution in [0.5, 0.6) is 0 Å². The van der Waals surface area contributed by atoms with Crippen LogP contribution in [0.15, 0.2) is 56.7 Å². The van der Waals surface area contributed by atoms with Crippen LogP contribution in [0.2, 0.25) is 0 Å². The fraction of sp³-hybridized carbons (Fsp3) is 0.370. The predicted molar refractivity (Wildman–Crippen MR) is 137 cm³/mol. The molecule has 1 aliphatic heterocycles. The van der Waals surface area contributed by atoms with E-state index >= 15 is 0 Å². The number of amidine groups is 1. The van der Waals surface area contributed by atoms with Gasteiger partial charge in [-0.25, -0.2) is 23.9 Å². The summed E-state index contributed by atoms with van der Waals surface area (Å²) in [5.41, 5.74) is 2.72. The average Bonchev–Trinajstić information content (AvgIpc) is 3.65. The number of hydrogen-bond donors (Lipinski definition) is 1. The normalized spacial score (nSPS) is 21.5. The third kappa shape index (κ3) is 4.98. The third-order valence-electron chi connectivity index (χ3n) is 7.04. The lowest BCUT2D eigenvalue weighted by Gasteiger charge is -2.34. The molecule has 1 saturated carbocycles. The van der Waals surface area contributed by atoms with E-state index in [9.17, 15) is 14.0 Å². The predicted octanol–water partition coefficient (Wildman–Crippen LogP) is 4.86. The van der Waals surface area contributed by atoms with Gasteiger partial charge in [0.25, 0.3) is 0 Å². The molecule has 2 aliphatic rings. The summed E-state index contributed by atoms with van der Waals surface area (Å²) in [6, 6.07) is 3.81. The molecule has 11 heteroatoms. The van der Waals surface area contributed by atoms with Crippen molar-refractivity contribution < 1.29 is 27.9 Å². The highest BCUT2D eigenvalue weighted by Crippen LogP contribution is 2.43. The number of ether oxygens (including phenoxy) is 2. The number of aliphatic imine (C=N–C) groups is 1. The van der Waals surface area contributed by atoms with Crippen LogP contribution < -0.4 is 5.32 Å². The standard InChI is InChI=1S/C27H27FN4O5S/c1-14-12-17(28)8-9-18(14)22-20(27(34)36-3)21(31-23(32-22)25-29-10-11-38-25)15-4-6-16(7-5-15)24-30-19(13-37-24)26(33)35-2/h8-13,15-16,22H,4-7H2,1-3H3,(H,31,32). The number of hydrogen-bond acceptors (Lipinski definition) is 10. The summed E-state index contributed by atoms with van der Waals surface area (Å²) in [7, 11) is 2.65. The second-order valence-corrected chi connectivity index (χ2v) is 10.2.